The molecule has 0 atom stereocenters. The lowest BCUT2D eigenvalue weighted by atomic mass is 10.0. The third-order valence-corrected chi connectivity index (χ3v) is 5.44. The van der Waals surface area contributed by atoms with Gasteiger partial charge in [-0.3, -0.25) is 4.90 Å². The minimum absolute atomic E-state index is 0.647. The van der Waals surface area contributed by atoms with E-state index in [4.69, 9.17) is 14.2 Å². The average molecular weight is 408 g/mol. The number of unbranched alkanes of at least 4 members (excludes halogenated alkanes) is 5. The van der Waals surface area contributed by atoms with Crippen LogP contribution >= 0.6 is 0 Å². The maximum Gasteiger partial charge on any atom is 0.161 e. The average Bonchev–Trinajstić information content (AvgIpc) is 2.69. The van der Waals surface area contributed by atoms with Crippen LogP contribution in [0.4, 0.5) is 0 Å². The summed E-state index contributed by atoms with van der Waals surface area (Å²) < 4.78 is 16.4. The second-order valence-corrected chi connectivity index (χ2v) is 8.48. The van der Waals surface area contributed by atoms with Crippen molar-refractivity contribution in [2.24, 2.45) is 0 Å². The van der Waals surface area contributed by atoms with Crippen molar-refractivity contribution in [2.75, 3.05) is 34.0 Å². The van der Waals surface area contributed by atoms with Gasteiger partial charge in [0.25, 0.3) is 0 Å². The Bertz CT molecular complexity index is 523. The maximum absolute atomic E-state index is 5.89. The highest BCUT2D eigenvalue weighted by molar-refractivity contribution is 5.43. The number of benzene rings is 1. The van der Waals surface area contributed by atoms with Crippen molar-refractivity contribution in [3.8, 4) is 11.5 Å². The highest BCUT2D eigenvalue weighted by atomic mass is 16.5. The molecule has 29 heavy (non-hydrogen) atoms. The van der Waals surface area contributed by atoms with Gasteiger partial charge < -0.3 is 14.2 Å². The third kappa shape index (κ3) is 10.9. The summed E-state index contributed by atoms with van der Waals surface area (Å²) in [5.74, 6) is 1.66. The van der Waals surface area contributed by atoms with Crippen molar-refractivity contribution in [1.29, 1.82) is 0 Å². The van der Waals surface area contributed by atoms with Crippen LogP contribution < -0.4 is 9.47 Å². The van der Waals surface area contributed by atoms with E-state index in [1.165, 1.54) is 50.6 Å². The van der Waals surface area contributed by atoms with Crippen molar-refractivity contribution >= 4 is 0 Å². The molecule has 0 aliphatic rings. The van der Waals surface area contributed by atoms with E-state index in [0.29, 0.717) is 18.7 Å². The number of rotatable bonds is 17. The second-order valence-electron chi connectivity index (χ2n) is 8.48. The first kappa shape index (κ1) is 25.8. The Hall–Kier alpha value is -1.26. The minimum Gasteiger partial charge on any atom is -0.493 e. The molecule has 0 aliphatic carbocycles. The summed E-state index contributed by atoms with van der Waals surface area (Å²) in [7, 11) is 3.41. The molecule has 0 fully saturated rings. The molecule has 1 aromatic rings. The Morgan fingerprint density at radius 3 is 2.03 bits per heavy atom. The van der Waals surface area contributed by atoms with Crippen molar-refractivity contribution in [3.05, 3.63) is 23.8 Å². The van der Waals surface area contributed by atoms with Gasteiger partial charge in [-0.25, -0.2) is 0 Å². The summed E-state index contributed by atoms with van der Waals surface area (Å²) in [6, 6.07) is 7.61. The Morgan fingerprint density at radius 1 is 0.759 bits per heavy atom. The molecule has 1 rings (SSSR count). The lowest BCUT2D eigenvalue weighted by Crippen LogP contribution is -2.37. The maximum atomic E-state index is 5.89. The molecule has 0 aromatic heterocycles. The SMILES string of the molecule is COCCCOc1cc(CCCCCCCCN(C(C)C)C(C)C)ccc1OC. The third-order valence-electron chi connectivity index (χ3n) is 5.44. The number of hydrogen-bond donors (Lipinski definition) is 0. The van der Waals surface area contributed by atoms with Crippen molar-refractivity contribution in [1.82, 2.24) is 4.90 Å². The molecule has 4 nitrogen and oxygen atoms in total. The van der Waals surface area contributed by atoms with Gasteiger partial charge in [0, 0.05) is 32.2 Å². The quantitative estimate of drug-likeness (QED) is 0.291. The summed E-state index contributed by atoms with van der Waals surface area (Å²) in [5.41, 5.74) is 1.33. The molecule has 0 N–H and O–H groups in total. The zero-order chi connectivity index (χ0) is 21.5. The van der Waals surface area contributed by atoms with Crippen LogP contribution in [-0.4, -0.2) is 51.0 Å². The lowest BCUT2D eigenvalue weighted by molar-refractivity contribution is 0.170. The van der Waals surface area contributed by atoms with E-state index in [0.717, 1.165) is 30.9 Å². The molecule has 0 saturated heterocycles. The fourth-order valence-corrected chi connectivity index (χ4v) is 3.82. The van der Waals surface area contributed by atoms with Crippen LogP contribution in [0.1, 0.15) is 78.2 Å². The standard InChI is InChI=1S/C25H45NO3/c1-21(2)26(22(3)4)17-12-10-8-7-9-11-14-23-15-16-24(28-6)25(20-23)29-19-13-18-27-5/h15-16,20-22H,7-14,17-19H2,1-6H3. The lowest BCUT2D eigenvalue weighted by Gasteiger charge is -2.30. The zero-order valence-corrected chi connectivity index (χ0v) is 19.8. The summed E-state index contributed by atoms with van der Waals surface area (Å²) in [4.78, 5) is 2.60. The molecule has 1 aromatic carbocycles. The van der Waals surface area contributed by atoms with Crippen molar-refractivity contribution < 1.29 is 14.2 Å². The monoisotopic (exact) mass is 407 g/mol. The first-order valence-corrected chi connectivity index (χ1v) is 11.5. The Kier molecular flexibility index (Phi) is 13.8. The van der Waals surface area contributed by atoms with Crippen LogP contribution in [0, 0.1) is 0 Å². The molecule has 0 spiro atoms. The van der Waals surface area contributed by atoms with Gasteiger partial charge >= 0.3 is 0 Å². The van der Waals surface area contributed by atoms with Crippen molar-refractivity contribution in [3.63, 3.8) is 0 Å². The van der Waals surface area contributed by atoms with E-state index in [2.05, 4.69) is 44.7 Å². The van der Waals surface area contributed by atoms with Gasteiger partial charge in [0.15, 0.2) is 11.5 Å². The van der Waals surface area contributed by atoms with E-state index in [1.807, 2.05) is 6.07 Å². The molecular weight excluding hydrogens is 362 g/mol. The van der Waals surface area contributed by atoms with Gasteiger partial charge in [-0.1, -0.05) is 31.7 Å². The predicted octanol–water partition coefficient (Wildman–Crippen LogP) is 6.11. The van der Waals surface area contributed by atoms with Crippen LogP contribution in [0.5, 0.6) is 11.5 Å². The van der Waals surface area contributed by atoms with Gasteiger partial charge in [0.1, 0.15) is 0 Å². The number of methoxy groups -OCH3 is 2. The molecule has 0 amide bonds. The number of nitrogens with zero attached hydrogens (tertiary/aromatic N) is 1. The van der Waals surface area contributed by atoms with E-state index >= 15 is 0 Å². The Labute approximate surface area is 179 Å². The molecule has 0 heterocycles. The predicted molar refractivity (Wildman–Crippen MR) is 123 cm³/mol. The topological polar surface area (TPSA) is 30.9 Å². The van der Waals surface area contributed by atoms with E-state index in [-0.39, 0.29) is 0 Å². The molecule has 4 heteroatoms. The molecule has 0 bridgehead atoms. The normalized spacial score (nSPS) is 11.6. The minimum atomic E-state index is 0.647. The molecule has 0 saturated carbocycles. The summed E-state index contributed by atoms with van der Waals surface area (Å²) >= 11 is 0. The number of aryl methyl sites for hydroxylation is 1. The van der Waals surface area contributed by atoms with E-state index in [1.54, 1.807) is 14.2 Å². The van der Waals surface area contributed by atoms with Crippen LogP contribution in [0.15, 0.2) is 18.2 Å². The molecule has 168 valence electrons. The largest absolute Gasteiger partial charge is 0.493 e. The molecular formula is C25H45NO3. The Morgan fingerprint density at radius 2 is 1.41 bits per heavy atom. The second kappa shape index (κ2) is 15.6. The van der Waals surface area contributed by atoms with Crippen LogP contribution in [0.25, 0.3) is 0 Å². The first-order valence-electron chi connectivity index (χ1n) is 11.5. The smallest absolute Gasteiger partial charge is 0.161 e. The van der Waals surface area contributed by atoms with Crippen LogP contribution in [-0.2, 0) is 11.2 Å². The fourth-order valence-electron chi connectivity index (χ4n) is 3.82. The van der Waals surface area contributed by atoms with Gasteiger partial charge in [0.05, 0.1) is 13.7 Å². The van der Waals surface area contributed by atoms with Gasteiger partial charge in [-0.2, -0.15) is 0 Å². The number of hydrogen-bond acceptors (Lipinski definition) is 4. The highest BCUT2D eigenvalue weighted by Crippen LogP contribution is 2.29. The van der Waals surface area contributed by atoms with Gasteiger partial charge in [-0.15, -0.1) is 0 Å². The van der Waals surface area contributed by atoms with Gasteiger partial charge in [0.2, 0.25) is 0 Å². The summed E-state index contributed by atoms with van der Waals surface area (Å²) in [6.45, 7) is 11.8. The molecule has 0 unspecified atom stereocenters. The van der Waals surface area contributed by atoms with Crippen LogP contribution in [0.3, 0.4) is 0 Å². The van der Waals surface area contributed by atoms with Gasteiger partial charge in [-0.05, 0) is 71.2 Å². The Balaban J connectivity index is 2.23. The van der Waals surface area contributed by atoms with E-state index < -0.39 is 0 Å². The summed E-state index contributed by atoms with van der Waals surface area (Å²) in [5, 5.41) is 0. The molecule has 0 radical (unpaired) electrons. The molecule has 0 aliphatic heterocycles. The first-order chi connectivity index (χ1) is 14.0. The van der Waals surface area contributed by atoms with E-state index in [9.17, 15) is 0 Å². The highest BCUT2D eigenvalue weighted by Gasteiger charge is 2.12. The fraction of sp³-hybridized carbons (Fsp3) is 0.760. The number of ether oxygens (including phenoxy) is 3. The zero-order valence-electron chi connectivity index (χ0n) is 19.8. The van der Waals surface area contributed by atoms with Crippen molar-refractivity contribution in [2.45, 2.75) is 91.1 Å². The van der Waals surface area contributed by atoms with Crippen LogP contribution in [0.2, 0.25) is 0 Å². The summed E-state index contributed by atoms with van der Waals surface area (Å²) in [6.07, 6.45) is 9.87.